The maximum atomic E-state index is 13.9. The highest BCUT2D eigenvalue weighted by Gasteiger charge is 2.43. The first-order chi connectivity index (χ1) is 12.9. The van der Waals surface area contributed by atoms with E-state index in [1.165, 1.54) is 48.5 Å². The Bertz CT molecular complexity index is 943. The number of hydrogen-bond acceptors (Lipinski definition) is 4. The summed E-state index contributed by atoms with van der Waals surface area (Å²) in [7, 11) is 0. The Morgan fingerprint density at radius 1 is 1.15 bits per heavy atom. The van der Waals surface area contributed by atoms with Gasteiger partial charge in [0.25, 0.3) is 5.91 Å². The minimum Gasteiger partial charge on any atom is -0.356 e. The summed E-state index contributed by atoms with van der Waals surface area (Å²) >= 11 is 5.84. The molecule has 0 aliphatic carbocycles. The highest BCUT2D eigenvalue weighted by molar-refractivity contribution is 6.31. The molecule has 0 spiro atoms. The lowest BCUT2D eigenvalue weighted by molar-refractivity contribution is -0.132. The SMILES string of the molecule is CC=C(Nc1ccccc1F)C1C(=O)NC(=O)N(c2ccc(Cl)cc2)C1=O. The Labute approximate surface area is 159 Å². The number of nitrogens with one attached hydrogen (secondary N) is 2. The van der Waals surface area contributed by atoms with Crippen LogP contribution in [-0.4, -0.2) is 17.8 Å². The highest BCUT2D eigenvalue weighted by atomic mass is 35.5. The Hall–Kier alpha value is -3.19. The second kappa shape index (κ2) is 7.59. The zero-order valence-electron chi connectivity index (χ0n) is 14.2. The van der Waals surface area contributed by atoms with Gasteiger partial charge in [0, 0.05) is 10.7 Å². The van der Waals surface area contributed by atoms with Gasteiger partial charge in [-0.15, -0.1) is 0 Å². The summed E-state index contributed by atoms with van der Waals surface area (Å²) in [4.78, 5) is 38.4. The molecule has 2 aromatic rings. The van der Waals surface area contributed by atoms with Crippen LogP contribution >= 0.6 is 11.6 Å². The number of para-hydroxylation sites is 1. The normalized spacial score (nSPS) is 17.7. The Morgan fingerprint density at radius 2 is 1.81 bits per heavy atom. The van der Waals surface area contributed by atoms with Crippen molar-refractivity contribution in [1.82, 2.24) is 5.32 Å². The minimum atomic E-state index is -1.33. The number of allylic oxidation sites excluding steroid dienone is 1. The summed E-state index contributed by atoms with van der Waals surface area (Å²) in [5.74, 6) is -3.40. The molecule has 3 rings (SSSR count). The van der Waals surface area contributed by atoms with Crippen LogP contribution in [0, 0.1) is 11.7 Å². The van der Waals surface area contributed by atoms with E-state index in [-0.39, 0.29) is 17.1 Å². The number of hydrogen-bond donors (Lipinski definition) is 2. The monoisotopic (exact) mass is 387 g/mol. The molecule has 27 heavy (non-hydrogen) atoms. The third-order valence-corrected chi connectivity index (χ3v) is 4.27. The van der Waals surface area contributed by atoms with Crippen LogP contribution in [0.1, 0.15) is 6.92 Å². The van der Waals surface area contributed by atoms with Crippen LogP contribution in [0.4, 0.5) is 20.6 Å². The van der Waals surface area contributed by atoms with Gasteiger partial charge in [-0.1, -0.05) is 29.8 Å². The lowest BCUT2D eigenvalue weighted by Crippen LogP contribution is -2.59. The van der Waals surface area contributed by atoms with Gasteiger partial charge in [0.2, 0.25) is 5.91 Å². The van der Waals surface area contributed by atoms with Gasteiger partial charge in [0.05, 0.1) is 11.4 Å². The van der Waals surface area contributed by atoms with Gasteiger partial charge in [-0.25, -0.2) is 14.1 Å². The maximum Gasteiger partial charge on any atom is 0.335 e. The quantitative estimate of drug-likeness (QED) is 0.784. The smallest absolute Gasteiger partial charge is 0.335 e. The first-order valence-corrected chi connectivity index (χ1v) is 8.42. The molecule has 1 fully saturated rings. The van der Waals surface area contributed by atoms with Gasteiger partial charge in [-0.2, -0.15) is 0 Å². The molecule has 2 aromatic carbocycles. The molecule has 1 atom stereocenters. The molecule has 2 N–H and O–H groups in total. The van der Waals surface area contributed by atoms with Crippen LogP contribution < -0.4 is 15.5 Å². The molecule has 1 unspecified atom stereocenters. The number of halogens is 2. The minimum absolute atomic E-state index is 0.112. The summed E-state index contributed by atoms with van der Waals surface area (Å²) in [5.41, 5.74) is 0.538. The Morgan fingerprint density at radius 3 is 2.44 bits per heavy atom. The van der Waals surface area contributed by atoms with E-state index >= 15 is 0 Å². The average Bonchev–Trinajstić information content (AvgIpc) is 2.63. The number of anilines is 2. The zero-order valence-corrected chi connectivity index (χ0v) is 15.0. The van der Waals surface area contributed by atoms with E-state index in [0.29, 0.717) is 5.02 Å². The number of carbonyl (C=O) groups excluding carboxylic acids is 3. The van der Waals surface area contributed by atoms with E-state index in [4.69, 9.17) is 11.6 Å². The molecule has 0 aromatic heterocycles. The van der Waals surface area contributed by atoms with E-state index in [0.717, 1.165) is 4.90 Å². The van der Waals surface area contributed by atoms with Gasteiger partial charge in [0.1, 0.15) is 5.82 Å². The average molecular weight is 388 g/mol. The van der Waals surface area contributed by atoms with Gasteiger partial charge >= 0.3 is 6.03 Å². The van der Waals surface area contributed by atoms with Gasteiger partial charge in [-0.3, -0.25) is 14.9 Å². The summed E-state index contributed by atoms with van der Waals surface area (Å²) in [5, 5.41) is 5.36. The van der Waals surface area contributed by atoms with Crippen molar-refractivity contribution < 1.29 is 18.8 Å². The first-order valence-electron chi connectivity index (χ1n) is 8.04. The second-order valence-corrected chi connectivity index (χ2v) is 6.16. The molecular formula is C19H15ClFN3O3. The van der Waals surface area contributed by atoms with Crippen LogP contribution in [0.25, 0.3) is 0 Å². The molecule has 6 nitrogen and oxygen atoms in total. The number of benzene rings is 2. The van der Waals surface area contributed by atoms with E-state index in [1.54, 1.807) is 13.0 Å². The summed E-state index contributed by atoms with van der Waals surface area (Å²) in [6, 6.07) is 11.0. The van der Waals surface area contributed by atoms with Gasteiger partial charge in [-0.05, 0) is 43.3 Å². The second-order valence-electron chi connectivity index (χ2n) is 5.73. The summed E-state index contributed by atoms with van der Waals surface area (Å²) in [6.45, 7) is 1.60. The zero-order chi connectivity index (χ0) is 19.6. The van der Waals surface area contributed by atoms with E-state index in [2.05, 4.69) is 10.6 Å². The Kier molecular flexibility index (Phi) is 5.23. The molecule has 1 aliphatic heterocycles. The lowest BCUT2D eigenvalue weighted by atomic mass is 9.99. The van der Waals surface area contributed by atoms with Crippen molar-refractivity contribution >= 4 is 40.8 Å². The number of carbonyl (C=O) groups is 3. The van der Waals surface area contributed by atoms with Crippen molar-refractivity contribution in [2.75, 3.05) is 10.2 Å². The standard InChI is InChI=1S/C19H15ClFN3O3/c1-2-14(22-15-6-4-3-5-13(15)21)16-17(25)23-19(27)24(18(16)26)12-9-7-11(20)8-10-12/h2-10,16,22H,1H3,(H,23,25,27). The van der Waals surface area contributed by atoms with E-state index in [9.17, 15) is 18.8 Å². The van der Waals surface area contributed by atoms with E-state index < -0.39 is 29.6 Å². The number of urea groups is 1. The maximum absolute atomic E-state index is 13.9. The van der Waals surface area contributed by atoms with Crippen molar-refractivity contribution in [2.24, 2.45) is 5.92 Å². The number of barbiturate groups is 1. The third kappa shape index (κ3) is 3.68. The molecule has 1 aliphatic rings. The Balaban J connectivity index is 1.94. The van der Waals surface area contributed by atoms with Gasteiger partial charge in [0.15, 0.2) is 5.92 Å². The van der Waals surface area contributed by atoms with Crippen molar-refractivity contribution in [2.45, 2.75) is 6.92 Å². The number of amides is 4. The van der Waals surface area contributed by atoms with Crippen LogP contribution in [0.2, 0.25) is 5.02 Å². The molecule has 0 bridgehead atoms. The summed E-state index contributed by atoms with van der Waals surface area (Å²) < 4.78 is 13.9. The fourth-order valence-electron chi connectivity index (χ4n) is 2.71. The topological polar surface area (TPSA) is 78.5 Å². The van der Waals surface area contributed by atoms with Crippen LogP contribution in [-0.2, 0) is 9.59 Å². The third-order valence-electron chi connectivity index (χ3n) is 4.02. The largest absolute Gasteiger partial charge is 0.356 e. The lowest BCUT2D eigenvalue weighted by Gasteiger charge is -2.31. The fraction of sp³-hybridized carbons (Fsp3) is 0.105. The number of imide groups is 2. The molecule has 1 heterocycles. The van der Waals surface area contributed by atoms with Crippen LogP contribution in [0.5, 0.6) is 0 Å². The predicted molar refractivity (Wildman–Crippen MR) is 99.7 cm³/mol. The molecule has 138 valence electrons. The highest BCUT2D eigenvalue weighted by Crippen LogP contribution is 2.27. The van der Waals surface area contributed by atoms with Gasteiger partial charge < -0.3 is 5.32 Å². The van der Waals surface area contributed by atoms with Crippen molar-refractivity contribution in [3.63, 3.8) is 0 Å². The number of rotatable bonds is 4. The van der Waals surface area contributed by atoms with Crippen LogP contribution in [0.3, 0.4) is 0 Å². The summed E-state index contributed by atoms with van der Waals surface area (Å²) in [6.07, 6.45) is 1.49. The van der Waals surface area contributed by atoms with Crippen LogP contribution in [0.15, 0.2) is 60.3 Å². The molecule has 8 heteroatoms. The fourth-order valence-corrected chi connectivity index (χ4v) is 2.84. The molecule has 0 saturated carbocycles. The number of nitrogens with zero attached hydrogens (tertiary/aromatic N) is 1. The van der Waals surface area contributed by atoms with Crippen molar-refractivity contribution in [3.05, 3.63) is 71.1 Å². The molecule has 1 saturated heterocycles. The molecule has 4 amide bonds. The predicted octanol–water partition coefficient (Wildman–Crippen LogP) is 3.69. The van der Waals surface area contributed by atoms with Crippen molar-refractivity contribution in [1.29, 1.82) is 0 Å². The molecule has 0 radical (unpaired) electrons. The van der Waals surface area contributed by atoms with E-state index in [1.807, 2.05) is 0 Å². The first kappa shape index (κ1) is 18.6. The van der Waals surface area contributed by atoms with Crippen molar-refractivity contribution in [3.8, 4) is 0 Å². The molecular weight excluding hydrogens is 373 g/mol.